The Labute approximate surface area is 255 Å². The Hall–Kier alpha value is -1.73. The van der Waals surface area contributed by atoms with Crippen LogP contribution in [0.2, 0.25) is 0 Å². The molecule has 1 atom stereocenters. The van der Waals surface area contributed by atoms with Gasteiger partial charge in [-0.15, -0.1) is 0 Å². The molecule has 9 heteroatoms. The van der Waals surface area contributed by atoms with Crippen molar-refractivity contribution in [1.82, 2.24) is 0 Å². The van der Waals surface area contributed by atoms with Gasteiger partial charge in [0.2, 0.25) is 0 Å². The van der Waals surface area contributed by atoms with Crippen LogP contribution in [-0.4, -0.2) is 41.0 Å². The molecule has 0 saturated heterocycles. The van der Waals surface area contributed by atoms with Crippen LogP contribution in [0.1, 0.15) is 142 Å². The molecule has 0 fully saturated rings. The van der Waals surface area contributed by atoms with Gasteiger partial charge in [0.1, 0.15) is 6.61 Å². The topological polar surface area (TPSA) is 119 Å². The maximum atomic E-state index is 12.3. The molecule has 0 saturated carbocycles. The van der Waals surface area contributed by atoms with Crippen LogP contribution < -0.4 is 0 Å². The fourth-order valence-corrected chi connectivity index (χ4v) is 4.63. The summed E-state index contributed by atoms with van der Waals surface area (Å²) in [4.78, 5) is 42.3. The highest BCUT2D eigenvalue weighted by Gasteiger charge is 2.22. The van der Waals surface area contributed by atoms with Crippen LogP contribution >= 0.6 is 7.82 Å². The summed E-state index contributed by atoms with van der Waals surface area (Å²) in [6, 6.07) is 0. The van der Waals surface area contributed by atoms with Crippen LogP contribution in [0.3, 0.4) is 0 Å². The minimum absolute atomic E-state index is 0.201. The van der Waals surface area contributed by atoms with E-state index in [1.54, 1.807) is 0 Å². The van der Waals surface area contributed by atoms with Gasteiger partial charge in [-0.25, -0.2) is 4.57 Å². The van der Waals surface area contributed by atoms with Gasteiger partial charge in [0.05, 0.1) is 6.61 Å². The van der Waals surface area contributed by atoms with Crippen molar-refractivity contribution in [3.63, 3.8) is 0 Å². The van der Waals surface area contributed by atoms with E-state index in [-0.39, 0.29) is 19.4 Å². The molecule has 0 rings (SSSR count). The second-order valence-corrected chi connectivity index (χ2v) is 12.0. The van der Waals surface area contributed by atoms with Crippen LogP contribution in [0.5, 0.6) is 0 Å². The number of carbonyl (C=O) groups excluding carboxylic acids is 2. The first-order chi connectivity index (χ1) is 20.3. The summed E-state index contributed by atoms with van der Waals surface area (Å²) in [5.41, 5.74) is 0. The Kier molecular flexibility index (Phi) is 28.1. The molecule has 0 aliphatic heterocycles. The number of unbranched alkanes of at least 4 members (excludes halogenated alkanes) is 13. The predicted molar refractivity (Wildman–Crippen MR) is 170 cm³/mol. The molecule has 0 aromatic heterocycles. The second kappa shape index (κ2) is 29.3. The average Bonchev–Trinajstić information content (AvgIpc) is 2.95. The lowest BCUT2D eigenvalue weighted by Gasteiger charge is -2.18. The van der Waals surface area contributed by atoms with E-state index in [1.807, 2.05) is 0 Å². The van der Waals surface area contributed by atoms with Gasteiger partial charge in [0, 0.05) is 12.8 Å². The predicted octanol–water partition coefficient (Wildman–Crippen LogP) is 9.06. The van der Waals surface area contributed by atoms with Crippen molar-refractivity contribution in [3.8, 4) is 0 Å². The van der Waals surface area contributed by atoms with Gasteiger partial charge in [-0.05, 0) is 44.9 Å². The van der Waals surface area contributed by atoms with Crippen molar-refractivity contribution >= 4 is 19.8 Å². The van der Waals surface area contributed by atoms with Crippen LogP contribution in [0.4, 0.5) is 0 Å². The lowest BCUT2D eigenvalue weighted by Crippen LogP contribution is -2.29. The Morgan fingerprint density at radius 2 is 1.14 bits per heavy atom. The molecule has 0 spiro atoms. The lowest BCUT2D eigenvalue weighted by molar-refractivity contribution is -0.161. The molecule has 0 heterocycles. The fourth-order valence-electron chi connectivity index (χ4n) is 4.27. The third kappa shape index (κ3) is 31.2. The summed E-state index contributed by atoms with van der Waals surface area (Å²) in [5, 5.41) is 0. The fraction of sp³-hybridized carbons (Fsp3) is 0.758. The summed E-state index contributed by atoms with van der Waals surface area (Å²) in [6.45, 7) is 3.48. The van der Waals surface area contributed by atoms with Gasteiger partial charge in [0.15, 0.2) is 6.10 Å². The number of esters is 2. The Bertz CT molecular complexity index is 787. The molecule has 42 heavy (non-hydrogen) atoms. The highest BCUT2D eigenvalue weighted by Crippen LogP contribution is 2.35. The molecule has 0 aliphatic carbocycles. The molecular formula is C33H59O8P. The number of phosphoric acid groups is 1. The number of carbonyl (C=O) groups is 2. The zero-order valence-electron chi connectivity index (χ0n) is 26.4. The Morgan fingerprint density at radius 1 is 0.643 bits per heavy atom. The molecule has 0 aromatic carbocycles. The largest absolute Gasteiger partial charge is 0.469 e. The van der Waals surface area contributed by atoms with Crippen molar-refractivity contribution < 1.29 is 37.9 Å². The average molecular weight is 615 g/mol. The maximum Gasteiger partial charge on any atom is 0.469 e. The number of rotatable bonds is 29. The van der Waals surface area contributed by atoms with E-state index in [0.29, 0.717) is 6.42 Å². The van der Waals surface area contributed by atoms with Crippen LogP contribution in [0, 0.1) is 0 Å². The van der Waals surface area contributed by atoms with E-state index < -0.39 is 32.5 Å². The summed E-state index contributed by atoms with van der Waals surface area (Å²) < 4.78 is 26.1. The van der Waals surface area contributed by atoms with E-state index >= 15 is 0 Å². The van der Waals surface area contributed by atoms with E-state index in [9.17, 15) is 14.2 Å². The summed E-state index contributed by atoms with van der Waals surface area (Å²) in [6.07, 6.45) is 31.7. The van der Waals surface area contributed by atoms with Gasteiger partial charge in [-0.2, -0.15) is 0 Å². The molecule has 0 aliphatic rings. The van der Waals surface area contributed by atoms with Crippen molar-refractivity contribution in [2.24, 2.45) is 0 Å². The molecule has 0 bridgehead atoms. The molecule has 0 radical (unpaired) electrons. The first-order valence-corrected chi connectivity index (χ1v) is 17.8. The molecule has 244 valence electrons. The van der Waals surface area contributed by atoms with Crippen molar-refractivity contribution in [3.05, 3.63) is 36.5 Å². The van der Waals surface area contributed by atoms with E-state index in [0.717, 1.165) is 70.6 Å². The third-order valence-corrected chi connectivity index (χ3v) is 7.16. The lowest BCUT2D eigenvalue weighted by atomic mass is 10.1. The normalized spacial score (nSPS) is 13.0. The van der Waals surface area contributed by atoms with Crippen LogP contribution in [0.25, 0.3) is 0 Å². The number of allylic oxidation sites excluding steroid dienone is 6. The summed E-state index contributed by atoms with van der Waals surface area (Å²) >= 11 is 0. The molecule has 2 N–H and O–H groups in total. The highest BCUT2D eigenvalue weighted by atomic mass is 31.2. The first kappa shape index (κ1) is 40.3. The molecule has 8 nitrogen and oxygen atoms in total. The third-order valence-electron chi connectivity index (χ3n) is 6.67. The summed E-state index contributed by atoms with van der Waals surface area (Å²) in [5.74, 6) is -0.906. The van der Waals surface area contributed by atoms with Crippen LogP contribution in [-0.2, 0) is 28.2 Å². The number of hydrogen-bond donors (Lipinski definition) is 2. The SMILES string of the molecule is CC/C=C\C/C=C\C/C=C\CCCCCCCCCC(=O)OC(COC(=O)CCCCCCCCC)COP(=O)(O)O. The molecular weight excluding hydrogens is 555 g/mol. The zero-order valence-corrected chi connectivity index (χ0v) is 27.3. The van der Waals surface area contributed by atoms with E-state index in [2.05, 4.69) is 54.8 Å². The summed E-state index contributed by atoms with van der Waals surface area (Å²) in [7, 11) is -4.74. The van der Waals surface area contributed by atoms with Crippen LogP contribution in [0.15, 0.2) is 36.5 Å². The van der Waals surface area contributed by atoms with E-state index in [1.165, 1.54) is 38.5 Å². The van der Waals surface area contributed by atoms with Crippen molar-refractivity contribution in [2.75, 3.05) is 13.2 Å². The van der Waals surface area contributed by atoms with E-state index in [4.69, 9.17) is 19.3 Å². The number of ether oxygens (including phenoxy) is 2. The van der Waals surface area contributed by atoms with Gasteiger partial charge >= 0.3 is 19.8 Å². The minimum atomic E-state index is -4.74. The number of hydrogen-bond acceptors (Lipinski definition) is 6. The second-order valence-electron chi connectivity index (χ2n) is 10.8. The highest BCUT2D eigenvalue weighted by molar-refractivity contribution is 7.46. The Balaban J connectivity index is 3.99. The number of phosphoric ester groups is 1. The molecule has 0 aromatic rings. The van der Waals surface area contributed by atoms with Gasteiger partial charge in [-0.3, -0.25) is 14.1 Å². The van der Waals surface area contributed by atoms with Crippen molar-refractivity contribution in [2.45, 2.75) is 148 Å². The van der Waals surface area contributed by atoms with Gasteiger partial charge in [-0.1, -0.05) is 121 Å². The smallest absolute Gasteiger partial charge is 0.462 e. The van der Waals surface area contributed by atoms with Crippen molar-refractivity contribution in [1.29, 1.82) is 0 Å². The first-order valence-electron chi connectivity index (χ1n) is 16.3. The monoisotopic (exact) mass is 614 g/mol. The minimum Gasteiger partial charge on any atom is -0.462 e. The maximum absolute atomic E-state index is 12.3. The standard InChI is InChI=1S/C33H59O8P/c1-3-5-7-9-11-12-13-14-15-16-17-18-19-20-22-24-26-28-33(35)41-31(30-40-42(36,37)38)29-39-32(34)27-25-23-21-10-8-6-4-2/h5,7,11-12,14-15,31H,3-4,6,8-10,13,16-30H2,1-2H3,(H2,36,37,38)/b7-5-,12-11-,15-14-. The molecule has 0 amide bonds. The molecule has 1 unspecified atom stereocenters. The van der Waals surface area contributed by atoms with Gasteiger partial charge in [0.25, 0.3) is 0 Å². The quantitative estimate of drug-likeness (QED) is 0.0371. The van der Waals surface area contributed by atoms with Gasteiger partial charge < -0.3 is 19.3 Å². The zero-order chi connectivity index (χ0) is 31.2. The Morgan fingerprint density at radius 3 is 1.71 bits per heavy atom.